The molecule has 0 spiro atoms. The zero-order valence-electron chi connectivity index (χ0n) is 10.3. The van der Waals surface area contributed by atoms with Crippen LogP contribution in [0, 0.1) is 13.8 Å². The Morgan fingerprint density at radius 3 is 2.61 bits per heavy atom. The molecule has 2 N–H and O–H groups in total. The number of halogens is 1. The van der Waals surface area contributed by atoms with E-state index in [-0.39, 0.29) is 17.9 Å². The highest BCUT2D eigenvalue weighted by atomic mass is 79.9. The van der Waals surface area contributed by atoms with E-state index in [1.807, 2.05) is 13.8 Å². The van der Waals surface area contributed by atoms with Gasteiger partial charge in [0, 0.05) is 5.69 Å². The minimum Gasteiger partial charge on any atom is -0.461 e. The fraction of sp³-hybridized carbons (Fsp3) is 0.333. The SMILES string of the molecule is CCOC(=O)c1[nH]c(=O)c2c(C)c(C)[nH]c2c1Br. The highest BCUT2D eigenvalue weighted by molar-refractivity contribution is 9.10. The van der Waals surface area contributed by atoms with Crippen molar-refractivity contribution in [2.24, 2.45) is 0 Å². The summed E-state index contributed by atoms with van der Waals surface area (Å²) in [5.41, 5.74) is 2.24. The molecule has 0 atom stereocenters. The molecule has 0 bridgehead atoms. The Balaban J connectivity index is 2.77. The van der Waals surface area contributed by atoms with E-state index >= 15 is 0 Å². The number of hydrogen-bond donors (Lipinski definition) is 2. The van der Waals surface area contributed by atoms with Gasteiger partial charge in [-0.25, -0.2) is 4.79 Å². The maximum Gasteiger partial charge on any atom is 0.356 e. The molecule has 6 heteroatoms. The van der Waals surface area contributed by atoms with Crippen molar-refractivity contribution in [3.63, 3.8) is 0 Å². The molecule has 2 heterocycles. The second-order valence-electron chi connectivity index (χ2n) is 3.99. The maximum absolute atomic E-state index is 12.0. The van der Waals surface area contributed by atoms with Crippen LogP contribution in [0.3, 0.4) is 0 Å². The van der Waals surface area contributed by atoms with E-state index in [2.05, 4.69) is 25.9 Å². The van der Waals surface area contributed by atoms with E-state index in [9.17, 15) is 9.59 Å². The lowest BCUT2D eigenvalue weighted by atomic mass is 10.2. The zero-order chi connectivity index (χ0) is 13.4. The summed E-state index contributed by atoms with van der Waals surface area (Å²) in [6.07, 6.45) is 0. The molecule has 0 fully saturated rings. The molecule has 0 saturated heterocycles. The number of aryl methyl sites for hydroxylation is 2. The number of rotatable bonds is 2. The van der Waals surface area contributed by atoms with Crippen LogP contribution in [-0.2, 0) is 4.74 Å². The number of H-pyrrole nitrogens is 2. The van der Waals surface area contributed by atoms with Gasteiger partial charge >= 0.3 is 5.97 Å². The fourth-order valence-corrected chi connectivity index (χ4v) is 2.43. The number of carbonyl (C=O) groups is 1. The maximum atomic E-state index is 12.0. The first-order valence-electron chi connectivity index (χ1n) is 5.55. The van der Waals surface area contributed by atoms with Crippen LogP contribution in [0.15, 0.2) is 9.27 Å². The molecular formula is C12H13BrN2O3. The Kier molecular flexibility index (Phi) is 3.30. The molecule has 0 unspecified atom stereocenters. The number of ether oxygens (including phenoxy) is 1. The Labute approximate surface area is 112 Å². The van der Waals surface area contributed by atoms with Gasteiger partial charge in [0.1, 0.15) is 5.69 Å². The van der Waals surface area contributed by atoms with Crippen LogP contribution in [0.4, 0.5) is 0 Å². The number of hydrogen-bond acceptors (Lipinski definition) is 3. The number of esters is 1. The van der Waals surface area contributed by atoms with E-state index in [1.165, 1.54) is 0 Å². The Hall–Kier alpha value is -1.56. The minimum absolute atomic E-state index is 0.135. The van der Waals surface area contributed by atoms with Gasteiger partial charge in [0.2, 0.25) is 0 Å². The Morgan fingerprint density at radius 2 is 2.00 bits per heavy atom. The first kappa shape index (κ1) is 12.9. The summed E-state index contributed by atoms with van der Waals surface area (Å²) in [5, 5.41) is 0.562. The number of pyridine rings is 1. The molecule has 0 saturated carbocycles. The third kappa shape index (κ3) is 1.86. The summed E-state index contributed by atoms with van der Waals surface area (Å²) in [6, 6.07) is 0. The lowest BCUT2D eigenvalue weighted by molar-refractivity contribution is 0.0518. The van der Waals surface area contributed by atoms with Crippen molar-refractivity contribution in [3.8, 4) is 0 Å². The van der Waals surface area contributed by atoms with Crippen LogP contribution < -0.4 is 5.56 Å². The average molecular weight is 313 g/mol. The number of nitrogens with one attached hydrogen (secondary N) is 2. The van der Waals surface area contributed by atoms with Crippen molar-refractivity contribution in [1.82, 2.24) is 9.97 Å². The molecule has 2 rings (SSSR count). The molecule has 5 nitrogen and oxygen atoms in total. The summed E-state index contributed by atoms with van der Waals surface area (Å²) in [6.45, 7) is 5.71. The van der Waals surface area contributed by atoms with E-state index in [4.69, 9.17) is 4.74 Å². The predicted octanol–water partition coefficient (Wildman–Crippen LogP) is 2.41. The van der Waals surface area contributed by atoms with Crippen LogP contribution in [0.5, 0.6) is 0 Å². The van der Waals surface area contributed by atoms with Crippen molar-refractivity contribution in [2.75, 3.05) is 6.61 Å². The molecule has 0 aromatic carbocycles. The van der Waals surface area contributed by atoms with Gasteiger partial charge in [0.25, 0.3) is 5.56 Å². The first-order valence-corrected chi connectivity index (χ1v) is 6.34. The van der Waals surface area contributed by atoms with E-state index in [0.29, 0.717) is 15.4 Å². The summed E-state index contributed by atoms with van der Waals surface area (Å²) >= 11 is 3.33. The molecule has 18 heavy (non-hydrogen) atoms. The van der Waals surface area contributed by atoms with Crippen LogP contribution in [0.1, 0.15) is 28.7 Å². The highest BCUT2D eigenvalue weighted by Gasteiger charge is 2.19. The quantitative estimate of drug-likeness (QED) is 0.836. The van der Waals surface area contributed by atoms with E-state index < -0.39 is 5.97 Å². The van der Waals surface area contributed by atoms with Crippen LogP contribution >= 0.6 is 15.9 Å². The van der Waals surface area contributed by atoms with Crippen molar-refractivity contribution < 1.29 is 9.53 Å². The summed E-state index contributed by atoms with van der Waals surface area (Å²) in [4.78, 5) is 29.4. The van der Waals surface area contributed by atoms with Gasteiger partial charge in [-0.2, -0.15) is 0 Å². The van der Waals surface area contributed by atoms with Gasteiger partial charge in [-0.15, -0.1) is 0 Å². The van der Waals surface area contributed by atoms with Crippen molar-refractivity contribution in [2.45, 2.75) is 20.8 Å². The normalized spacial score (nSPS) is 10.9. The summed E-state index contributed by atoms with van der Waals surface area (Å²) in [7, 11) is 0. The van der Waals surface area contributed by atoms with Crippen LogP contribution in [0.2, 0.25) is 0 Å². The van der Waals surface area contributed by atoms with Crippen LogP contribution in [-0.4, -0.2) is 22.5 Å². The minimum atomic E-state index is -0.548. The second-order valence-corrected chi connectivity index (χ2v) is 4.78. The number of fused-ring (bicyclic) bond motifs is 1. The Morgan fingerprint density at radius 1 is 1.33 bits per heavy atom. The van der Waals surface area contributed by atoms with Gasteiger partial charge in [0.15, 0.2) is 0 Å². The zero-order valence-corrected chi connectivity index (χ0v) is 11.9. The molecule has 0 amide bonds. The summed E-state index contributed by atoms with van der Waals surface area (Å²) < 4.78 is 5.42. The lowest BCUT2D eigenvalue weighted by Gasteiger charge is -2.05. The topological polar surface area (TPSA) is 75.0 Å². The van der Waals surface area contributed by atoms with Gasteiger partial charge in [0.05, 0.1) is 22.0 Å². The number of aromatic amines is 2. The standard InChI is InChI=1S/C12H13BrN2O3/c1-4-18-12(17)10-8(13)9-7(11(16)15-10)5(2)6(3)14-9/h14H,4H2,1-3H3,(H,15,16). The van der Waals surface area contributed by atoms with E-state index in [0.717, 1.165) is 11.3 Å². The average Bonchev–Trinajstić information content (AvgIpc) is 2.62. The number of aromatic nitrogens is 2. The van der Waals surface area contributed by atoms with Crippen molar-refractivity contribution in [1.29, 1.82) is 0 Å². The van der Waals surface area contributed by atoms with Crippen molar-refractivity contribution in [3.05, 3.63) is 31.8 Å². The predicted molar refractivity (Wildman–Crippen MR) is 72.0 cm³/mol. The van der Waals surface area contributed by atoms with Crippen molar-refractivity contribution >= 4 is 32.8 Å². The Bertz CT molecular complexity index is 685. The molecule has 96 valence electrons. The fourth-order valence-electron chi connectivity index (χ4n) is 1.87. The highest BCUT2D eigenvalue weighted by Crippen LogP contribution is 2.27. The molecule has 0 aliphatic heterocycles. The molecule has 2 aromatic heterocycles. The first-order chi connectivity index (χ1) is 8.47. The molecular weight excluding hydrogens is 300 g/mol. The second kappa shape index (κ2) is 4.61. The summed E-state index contributed by atoms with van der Waals surface area (Å²) in [5.74, 6) is -0.548. The molecule has 2 aromatic rings. The smallest absolute Gasteiger partial charge is 0.356 e. The van der Waals surface area contributed by atoms with E-state index in [1.54, 1.807) is 6.92 Å². The van der Waals surface area contributed by atoms with Gasteiger partial charge in [-0.1, -0.05) is 0 Å². The number of carbonyl (C=O) groups excluding carboxylic acids is 1. The largest absolute Gasteiger partial charge is 0.461 e. The molecule has 0 aliphatic carbocycles. The van der Waals surface area contributed by atoms with Gasteiger partial charge in [-0.3, -0.25) is 4.79 Å². The molecule has 0 aliphatic rings. The third-order valence-electron chi connectivity index (χ3n) is 2.88. The third-order valence-corrected chi connectivity index (χ3v) is 3.68. The molecule has 0 radical (unpaired) electrons. The van der Waals surface area contributed by atoms with Crippen LogP contribution in [0.25, 0.3) is 10.9 Å². The lowest BCUT2D eigenvalue weighted by Crippen LogP contribution is -2.16. The van der Waals surface area contributed by atoms with Gasteiger partial charge < -0.3 is 14.7 Å². The monoisotopic (exact) mass is 312 g/mol. The van der Waals surface area contributed by atoms with Gasteiger partial charge in [-0.05, 0) is 42.3 Å².